The van der Waals surface area contributed by atoms with E-state index in [-0.39, 0.29) is 11.2 Å². The number of hydrogen-bond donors (Lipinski definition) is 0. The average Bonchev–Trinajstić information content (AvgIpc) is 3.49. The monoisotopic (exact) mass is 481 g/mol. The molecule has 1 saturated heterocycles. The quantitative estimate of drug-likeness (QED) is 0.505. The normalized spacial score (nSPS) is 17.5. The highest BCUT2D eigenvalue weighted by atomic mass is 32.2. The number of thioether (sulfide) groups is 1. The van der Waals surface area contributed by atoms with Crippen molar-refractivity contribution in [2.45, 2.75) is 48.3 Å². The van der Waals surface area contributed by atoms with Crippen molar-refractivity contribution in [3.8, 4) is 0 Å². The highest BCUT2D eigenvalue weighted by Crippen LogP contribution is 2.33. The van der Waals surface area contributed by atoms with Gasteiger partial charge >= 0.3 is 0 Å². The zero-order valence-electron chi connectivity index (χ0n) is 18.8. The fourth-order valence-corrected chi connectivity index (χ4v) is 7.19. The molecule has 0 radical (unpaired) electrons. The molecule has 0 spiro atoms. The predicted molar refractivity (Wildman–Crippen MR) is 132 cm³/mol. The summed E-state index contributed by atoms with van der Waals surface area (Å²) in [4.78, 5) is 20.1. The predicted octanol–water partition coefficient (Wildman–Crippen LogP) is 4.40. The van der Waals surface area contributed by atoms with Crippen LogP contribution < -0.4 is 4.90 Å². The summed E-state index contributed by atoms with van der Waals surface area (Å²) in [5.41, 5.74) is 3.91. The van der Waals surface area contributed by atoms with Crippen molar-refractivity contribution in [3.63, 3.8) is 0 Å². The van der Waals surface area contributed by atoms with Crippen LogP contribution in [0, 0.1) is 6.92 Å². The molecule has 2 aliphatic rings. The number of pyridine rings is 1. The largest absolute Gasteiger partial charge is 0.311 e. The maximum Gasteiger partial charge on any atom is 0.243 e. The van der Waals surface area contributed by atoms with E-state index in [0.29, 0.717) is 24.5 Å². The number of carbonyl (C=O) groups is 1. The van der Waals surface area contributed by atoms with Crippen molar-refractivity contribution in [2.24, 2.45) is 0 Å². The van der Waals surface area contributed by atoms with Crippen molar-refractivity contribution < 1.29 is 13.2 Å². The number of rotatable bonds is 5. The molecule has 0 bridgehead atoms. The number of nitrogens with zero attached hydrogens (tertiary/aromatic N) is 3. The van der Waals surface area contributed by atoms with Gasteiger partial charge in [-0.2, -0.15) is 4.31 Å². The van der Waals surface area contributed by atoms with Crippen LogP contribution >= 0.6 is 11.8 Å². The number of amides is 1. The zero-order valence-corrected chi connectivity index (χ0v) is 20.5. The minimum atomic E-state index is -3.47. The molecular formula is C25H27N3O3S2. The van der Waals surface area contributed by atoms with Crippen LogP contribution in [0.4, 0.5) is 5.69 Å². The number of fused-ring (bicyclic) bond motifs is 2. The summed E-state index contributed by atoms with van der Waals surface area (Å²) in [7, 11) is -3.47. The third-order valence-corrected chi connectivity index (χ3v) is 9.37. The molecule has 0 aliphatic carbocycles. The van der Waals surface area contributed by atoms with Crippen molar-refractivity contribution in [1.82, 2.24) is 9.29 Å². The second-order valence-corrected chi connectivity index (χ2v) is 12.0. The van der Waals surface area contributed by atoms with Crippen LogP contribution in [0.3, 0.4) is 0 Å². The first-order valence-corrected chi connectivity index (χ1v) is 13.6. The molecule has 0 unspecified atom stereocenters. The summed E-state index contributed by atoms with van der Waals surface area (Å²) in [6.45, 7) is 5.76. The second-order valence-electron chi connectivity index (χ2n) is 8.70. The van der Waals surface area contributed by atoms with Crippen molar-refractivity contribution in [3.05, 3.63) is 59.7 Å². The van der Waals surface area contributed by atoms with Crippen LogP contribution in [0.2, 0.25) is 0 Å². The van der Waals surface area contributed by atoms with Gasteiger partial charge in [-0.05, 0) is 74.6 Å². The van der Waals surface area contributed by atoms with Gasteiger partial charge in [-0.1, -0.05) is 30.0 Å². The summed E-state index contributed by atoms with van der Waals surface area (Å²) in [5, 5.41) is 1.31. The molecule has 1 fully saturated rings. The van der Waals surface area contributed by atoms with Gasteiger partial charge in [-0.25, -0.2) is 13.4 Å². The lowest BCUT2D eigenvalue weighted by Gasteiger charge is -2.21. The highest BCUT2D eigenvalue weighted by molar-refractivity contribution is 8.00. The summed E-state index contributed by atoms with van der Waals surface area (Å²) < 4.78 is 27.5. The summed E-state index contributed by atoms with van der Waals surface area (Å²) in [5.74, 6) is 0.0801. The summed E-state index contributed by atoms with van der Waals surface area (Å²) >= 11 is 1.44. The highest BCUT2D eigenvalue weighted by Gasteiger charge is 2.29. The Bertz CT molecular complexity index is 1330. The number of aryl methyl sites for hydroxylation is 1. The number of benzene rings is 2. The van der Waals surface area contributed by atoms with Gasteiger partial charge in [-0.15, -0.1) is 0 Å². The van der Waals surface area contributed by atoms with Crippen LogP contribution in [-0.4, -0.2) is 48.5 Å². The molecule has 2 aromatic carbocycles. The van der Waals surface area contributed by atoms with Crippen LogP contribution in [0.25, 0.3) is 10.9 Å². The molecule has 3 heterocycles. The minimum Gasteiger partial charge on any atom is -0.311 e. The van der Waals surface area contributed by atoms with Crippen molar-refractivity contribution >= 4 is 44.3 Å². The van der Waals surface area contributed by atoms with Crippen molar-refractivity contribution in [2.75, 3.05) is 24.5 Å². The van der Waals surface area contributed by atoms with E-state index >= 15 is 0 Å². The van der Waals surface area contributed by atoms with Crippen LogP contribution in [0.5, 0.6) is 0 Å². The molecule has 33 heavy (non-hydrogen) atoms. The van der Waals surface area contributed by atoms with Gasteiger partial charge in [0.25, 0.3) is 0 Å². The molecule has 0 N–H and O–H groups in total. The molecule has 1 aromatic heterocycles. The van der Waals surface area contributed by atoms with Gasteiger partial charge in [0.1, 0.15) is 0 Å². The van der Waals surface area contributed by atoms with E-state index in [4.69, 9.17) is 4.98 Å². The Balaban J connectivity index is 1.38. The third kappa shape index (κ3) is 4.16. The first-order chi connectivity index (χ1) is 15.8. The standard InChI is InChI=1S/C25H27N3O3S2/c1-17-15-24(32-18(2)25(29)28-14-11-19-7-3-4-8-23(19)28)26-22-10-9-20(16-21(17)22)33(30,31)27-12-5-6-13-27/h3-4,7-10,15-16,18H,5-6,11-14H2,1-2H3/t18-/m1/s1. The number of carbonyl (C=O) groups excluding carboxylic acids is 1. The average molecular weight is 482 g/mol. The molecule has 172 valence electrons. The molecule has 5 rings (SSSR count). The molecule has 3 aromatic rings. The molecule has 1 amide bonds. The Morgan fingerprint density at radius 1 is 1.06 bits per heavy atom. The Hall–Kier alpha value is -2.42. The van der Waals surface area contributed by atoms with E-state index in [1.807, 2.05) is 43.0 Å². The number of anilines is 1. The maximum atomic E-state index is 13.1. The SMILES string of the molecule is Cc1cc(S[C@H](C)C(=O)N2CCc3ccccc32)nc2ccc(S(=O)(=O)N3CCCC3)cc12. The van der Waals surface area contributed by atoms with Gasteiger partial charge < -0.3 is 4.90 Å². The Kier molecular flexibility index (Phi) is 5.93. The lowest BCUT2D eigenvalue weighted by Crippen LogP contribution is -2.35. The number of sulfonamides is 1. The van der Waals surface area contributed by atoms with Crippen LogP contribution in [0.1, 0.15) is 30.9 Å². The Labute approximate surface area is 199 Å². The third-order valence-electron chi connectivity index (χ3n) is 6.46. The van der Waals surface area contributed by atoms with E-state index in [2.05, 4.69) is 6.07 Å². The molecular weight excluding hydrogens is 454 g/mol. The molecule has 8 heteroatoms. The minimum absolute atomic E-state index is 0.0801. The number of hydrogen-bond acceptors (Lipinski definition) is 5. The van der Waals surface area contributed by atoms with E-state index in [9.17, 15) is 13.2 Å². The van der Waals surface area contributed by atoms with Gasteiger partial charge in [0.15, 0.2) is 0 Å². The first kappa shape index (κ1) is 22.4. The van der Waals surface area contributed by atoms with Crippen molar-refractivity contribution in [1.29, 1.82) is 0 Å². The maximum absolute atomic E-state index is 13.1. The fourth-order valence-electron chi connectivity index (χ4n) is 4.66. The lowest BCUT2D eigenvalue weighted by molar-refractivity contribution is -0.117. The molecule has 6 nitrogen and oxygen atoms in total. The van der Waals surface area contributed by atoms with E-state index < -0.39 is 10.0 Å². The fraction of sp³-hybridized carbons (Fsp3) is 0.360. The van der Waals surface area contributed by atoms with E-state index in [1.165, 1.54) is 17.3 Å². The topological polar surface area (TPSA) is 70.6 Å². The smallest absolute Gasteiger partial charge is 0.243 e. The molecule has 2 aliphatic heterocycles. The second kappa shape index (κ2) is 8.74. The number of aromatic nitrogens is 1. The first-order valence-electron chi connectivity index (χ1n) is 11.3. The van der Waals surface area contributed by atoms with Crippen LogP contribution in [-0.2, 0) is 21.2 Å². The van der Waals surface area contributed by atoms with E-state index in [0.717, 1.165) is 46.4 Å². The summed E-state index contributed by atoms with van der Waals surface area (Å²) in [6.07, 6.45) is 2.71. The summed E-state index contributed by atoms with van der Waals surface area (Å²) in [6, 6.07) is 15.2. The van der Waals surface area contributed by atoms with Gasteiger partial charge in [0.2, 0.25) is 15.9 Å². The molecule has 0 saturated carbocycles. The lowest BCUT2D eigenvalue weighted by atomic mass is 10.1. The Morgan fingerprint density at radius 2 is 1.82 bits per heavy atom. The van der Waals surface area contributed by atoms with Gasteiger partial charge in [-0.3, -0.25) is 4.79 Å². The van der Waals surface area contributed by atoms with E-state index in [1.54, 1.807) is 22.5 Å². The zero-order chi connectivity index (χ0) is 23.2. The Morgan fingerprint density at radius 3 is 2.61 bits per heavy atom. The molecule has 1 atom stereocenters. The van der Waals surface area contributed by atoms with Gasteiger partial charge in [0.05, 0.1) is 20.7 Å². The van der Waals surface area contributed by atoms with Gasteiger partial charge in [0, 0.05) is 30.7 Å². The van der Waals surface area contributed by atoms with Crippen LogP contribution in [0.15, 0.2) is 58.5 Å². The number of para-hydroxylation sites is 1.